The largest absolute Gasteiger partial charge is 0.312 e. The van der Waals surface area contributed by atoms with E-state index >= 15 is 0 Å². The van der Waals surface area contributed by atoms with Crippen molar-refractivity contribution in [3.05, 3.63) is 48.0 Å². The van der Waals surface area contributed by atoms with E-state index in [1.165, 1.54) is 55.0 Å². The molecule has 1 aliphatic rings. The fraction of sp³-hybridized carbons (Fsp3) is 0.474. The Kier molecular flexibility index (Phi) is 4.07. The second kappa shape index (κ2) is 5.97. The molecular formula is C19H25N. The lowest BCUT2D eigenvalue weighted by molar-refractivity contribution is 0.268. The van der Waals surface area contributed by atoms with E-state index in [9.17, 15) is 0 Å². The fourth-order valence-corrected chi connectivity index (χ4v) is 3.69. The summed E-state index contributed by atoms with van der Waals surface area (Å²) in [5.74, 6) is 0. The molecule has 1 saturated carbocycles. The maximum Gasteiger partial charge on any atom is 0.0211 e. The Bertz CT molecular complexity index is 561. The molecule has 0 saturated heterocycles. The highest BCUT2D eigenvalue weighted by molar-refractivity contribution is 5.85. The Balaban J connectivity index is 1.68. The average molecular weight is 267 g/mol. The lowest BCUT2D eigenvalue weighted by Crippen LogP contribution is -2.31. The zero-order valence-corrected chi connectivity index (χ0v) is 12.5. The topological polar surface area (TPSA) is 12.0 Å². The molecule has 0 aromatic heterocycles. The second-order valence-electron chi connectivity index (χ2n) is 6.30. The number of rotatable bonds is 5. The molecule has 0 unspecified atom stereocenters. The van der Waals surface area contributed by atoms with E-state index in [-0.39, 0.29) is 0 Å². The standard InChI is InChI=1S/C19H25N/c1-2-19(12-5-6-13-19)15-20-14-17-10-7-9-16-8-3-4-11-18(16)17/h3-4,7-11,20H,2,5-6,12-15H2,1H3. The van der Waals surface area contributed by atoms with Crippen LogP contribution in [0.15, 0.2) is 42.5 Å². The van der Waals surface area contributed by atoms with E-state index in [0.29, 0.717) is 5.41 Å². The average Bonchev–Trinajstić information content (AvgIpc) is 2.97. The van der Waals surface area contributed by atoms with Crippen LogP contribution in [0.4, 0.5) is 0 Å². The minimum atomic E-state index is 0.574. The molecule has 0 bridgehead atoms. The molecule has 0 atom stereocenters. The van der Waals surface area contributed by atoms with Gasteiger partial charge in [0.2, 0.25) is 0 Å². The maximum atomic E-state index is 3.73. The quantitative estimate of drug-likeness (QED) is 0.812. The summed E-state index contributed by atoms with van der Waals surface area (Å²) in [4.78, 5) is 0. The third-order valence-corrected chi connectivity index (χ3v) is 5.11. The summed E-state index contributed by atoms with van der Waals surface area (Å²) in [6.45, 7) is 4.51. The summed E-state index contributed by atoms with van der Waals surface area (Å²) in [7, 11) is 0. The maximum absolute atomic E-state index is 3.73. The predicted octanol–water partition coefficient (Wildman–Crippen LogP) is 4.90. The summed E-state index contributed by atoms with van der Waals surface area (Å²) in [6.07, 6.45) is 6.97. The SMILES string of the molecule is CCC1(CNCc2cccc3ccccc23)CCCC1. The minimum Gasteiger partial charge on any atom is -0.312 e. The first-order valence-electron chi connectivity index (χ1n) is 8.00. The van der Waals surface area contributed by atoms with Gasteiger partial charge in [0.25, 0.3) is 0 Å². The van der Waals surface area contributed by atoms with Gasteiger partial charge in [0.1, 0.15) is 0 Å². The van der Waals surface area contributed by atoms with Crippen molar-refractivity contribution in [2.24, 2.45) is 5.41 Å². The van der Waals surface area contributed by atoms with Crippen molar-refractivity contribution in [2.75, 3.05) is 6.54 Å². The van der Waals surface area contributed by atoms with E-state index in [1.54, 1.807) is 0 Å². The van der Waals surface area contributed by atoms with Gasteiger partial charge in [-0.2, -0.15) is 0 Å². The highest BCUT2D eigenvalue weighted by Crippen LogP contribution is 2.40. The van der Waals surface area contributed by atoms with Gasteiger partial charge in [-0.05, 0) is 41.0 Å². The van der Waals surface area contributed by atoms with E-state index in [1.807, 2.05) is 0 Å². The summed E-state index contributed by atoms with van der Waals surface area (Å²) in [5.41, 5.74) is 2.00. The zero-order valence-electron chi connectivity index (χ0n) is 12.5. The van der Waals surface area contributed by atoms with Crippen LogP contribution in [-0.4, -0.2) is 6.54 Å². The van der Waals surface area contributed by atoms with Gasteiger partial charge in [0, 0.05) is 13.1 Å². The summed E-state index contributed by atoms with van der Waals surface area (Å²) >= 11 is 0. The van der Waals surface area contributed by atoms with Crippen LogP contribution in [0.5, 0.6) is 0 Å². The smallest absolute Gasteiger partial charge is 0.0211 e. The Morgan fingerprint density at radius 2 is 1.75 bits per heavy atom. The fourth-order valence-electron chi connectivity index (χ4n) is 3.69. The molecule has 0 heterocycles. The number of benzene rings is 2. The lowest BCUT2D eigenvalue weighted by atomic mass is 9.83. The van der Waals surface area contributed by atoms with E-state index in [2.05, 4.69) is 54.7 Å². The third-order valence-electron chi connectivity index (χ3n) is 5.11. The monoisotopic (exact) mass is 267 g/mol. The molecule has 0 radical (unpaired) electrons. The van der Waals surface area contributed by atoms with E-state index < -0.39 is 0 Å². The van der Waals surface area contributed by atoms with Crippen LogP contribution >= 0.6 is 0 Å². The van der Waals surface area contributed by atoms with Crippen molar-refractivity contribution in [3.63, 3.8) is 0 Å². The Morgan fingerprint density at radius 1 is 1.00 bits per heavy atom. The third kappa shape index (κ3) is 2.73. The number of fused-ring (bicyclic) bond motifs is 1. The summed E-state index contributed by atoms with van der Waals surface area (Å²) in [5, 5.41) is 6.46. The van der Waals surface area contributed by atoms with Crippen molar-refractivity contribution in [2.45, 2.75) is 45.6 Å². The molecule has 1 aliphatic carbocycles. The number of hydrogen-bond acceptors (Lipinski definition) is 1. The molecule has 106 valence electrons. The van der Waals surface area contributed by atoms with Crippen molar-refractivity contribution < 1.29 is 0 Å². The van der Waals surface area contributed by atoms with Gasteiger partial charge in [0.05, 0.1) is 0 Å². The first-order chi connectivity index (χ1) is 9.83. The second-order valence-corrected chi connectivity index (χ2v) is 6.30. The van der Waals surface area contributed by atoms with Gasteiger partial charge in [-0.25, -0.2) is 0 Å². The van der Waals surface area contributed by atoms with Gasteiger partial charge in [-0.1, -0.05) is 62.2 Å². The molecule has 3 rings (SSSR count). The minimum absolute atomic E-state index is 0.574. The Morgan fingerprint density at radius 3 is 2.55 bits per heavy atom. The Hall–Kier alpha value is -1.34. The van der Waals surface area contributed by atoms with Gasteiger partial charge in [-0.3, -0.25) is 0 Å². The molecule has 2 aromatic rings. The van der Waals surface area contributed by atoms with Crippen LogP contribution in [0.2, 0.25) is 0 Å². The molecule has 1 N–H and O–H groups in total. The number of nitrogens with one attached hydrogen (secondary N) is 1. The predicted molar refractivity (Wildman–Crippen MR) is 86.8 cm³/mol. The molecular weight excluding hydrogens is 242 g/mol. The summed E-state index contributed by atoms with van der Waals surface area (Å²) < 4.78 is 0. The van der Waals surface area contributed by atoms with E-state index in [4.69, 9.17) is 0 Å². The number of hydrogen-bond donors (Lipinski definition) is 1. The zero-order chi connectivity index (χ0) is 13.8. The van der Waals surface area contributed by atoms with Gasteiger partial charge in [0.15, 0.2) is 0 Å². The van der Waals surface area contributed by atoms with Crippen molar-refractivity contribution >= 4 is 10.8 Å². The van der Waals surface area contributed by atoms with Crippen molar-refractivity contribution in [1.82, 2.24) is 5.32 Å². The lowest BCUT2D eigenvalue weighted by Gasteiger charge is -2.28. The van der Waals surface area contributed by atoms with Crippen molar-refractivity contribution in [1.29, 1.82) is 0 Å². The van der Waals surface area contributed by atoms with Crippen LogP contribution < -0.4 is 5.32 Å². The van der Waals surface area contributed by atoms with Gasteiger partial charge < -0.3 is 5.32 Å². The van der Waals surface area contributed by atoms with Crippen LogP contribution in [0.25, 0.3) is 10.8 Å². The molecule has 0 aliphatic heterocycles. The van der Waals surface area contributed by atoms with Crippen LogP contribution in [-0.2, 0) is 6.54 Å². The first kappa shape index (κ1) is 13.6. The highest BCUT2D eigenvalue weighted by Gasteiger charge is 2.31. The summed E-state index contributed by atoms with van der Waals surface area (Å²) in [6, 6.07) is 15.3. The van der Waals surface area contributed by atoms with E-state index in [0.717, 1.165) is 6.54 Å². The van der Waals surface area contributed by atoms with Crippen molar-refractivity contribution in [3.8, 4) is 0 Å². The highest BCUT2D eigenvalue weighted by atomic mass is 14.9. The molecule has 0 amide bonds. The first-order valence-corrected chi connectivity index (χ1v) is 8.00. The van der Waals surface area contributed by atoms with Crippen LogP contribution in [0.3, 0.4) is 0 Å². The normalized spacial score (nSPS) is 17.6. The van der Waals surface area contributed by atoms with Crippen LogP contribution in [0.1, 0.15) is 44.6 Å². The Labute approximate surface area is 122 Å². The molecule has 0 spiro atoms. The van der Waals surface area contributed by atoms with Crippen LogP contribution in [0, 0.1) is 5.41 Å². The molecule has 2 aromatic carbocycles. The molecule has 1 nitrogen and oxygen atoms in total. The molecule has 1 fully saturated rings. The molecule has 1 heteroatoms. The van der Waals surface area contributed by atoms with Gasteiger partial charge in [-0.15, -0.1) is 0 Å². The molecule has 20 heavy (non-hydrogen) atoms. The van der Waals surface area contributed by atoms with Gasteiger partial charge >= 0.3 is 0 Å².